The molecule has 1 fully saturated rings. The molecular formula is C17H27FIN3O3S. The molecule has 0 bridgehead atoms. The molecule has 1 aromatic carbocycles. The van der Waals surface area contributed by atoms with E-state index in [1.165, 1.54) is 18.4 Å². The lowest BCUT2D eigenvalue weighted by Crippen LogP contribution is -2.53. The first-order valence-electron chi connectivity index (χ1n) is 8.33. The van der Waals surface area contributed by atoms with E-state index >= 15 is 0 Å². The summed E-state index contributed by atoms with van der Waals surface area (Å²) in [6.07, 6.45) is 2.86. The van der Waals surface area contributed by atoms with Gasteiger partial charge in [-0.15, -0.1) is 24.0 Å². The first-order valence-corrected chi connectivity index (χ1v) is 10.2. The van der Waals surface area contributed by atoms with Crippen LogP contribution in [0.25, 0.3) is 0 Å². The lowest BCUT2D eigenvalue weighted by molar-refractivity contribution is 0.0756. The maximum absolute atomic E-state index is 13.2. The summed E-state index contributed by atoms with van der Waals surface area (Å²) in [7, 11) is -1.59. The predicted molar refractivity (Wildman–Crippen MR) is 113 cm³/mol. The maximum atomic E-state index is 13.2. The molecule has 0 spiro atoms. The minimum atomic E-state index is -3.23. The summed E-state index contributed by atoms with van der Waals surface area (Å²) < 4.78 is 42.2. The number of nitrogens with one attached hydrogen (secondary N) is 2. The zero-order valence-corrected chi connectivity index (χ0v) is 18.3. The van der Waals surface area contributed by atoms with Crippen LogP contribution in [0, 0.1) is 5.82 Å². The molecule has 0 unspecified atom stereocenters. The van der Waals surface area contributed by atoms with E-state index in [0.29, 0.717) is 45.0 Å². The van der Waals surface area contributed by atoms with E-state index in [1.807, 2.05) is 6.07 Å². The third-order valence-corrected chi connectivity index (χ3v) is 6.71. The average Bonchev–Trinajstić information content (AvgIpc) is 2.58. The molecule has 0 radical (unpaired) electrons. The van der Waals surface area contributed by atoms with Crippen LogP contribution < -0.4 is 10.6 Å². The van der Waals surface area contributed by atoms with Gasteiger partial charge in [0.2, 0.25) is 0 Å². The fourth-order valence-corrected chi connectivity index (χ4v) is 4.15. The van der Waals surface area contributed by atoms with E-state index in [9.17, 15) is 12.8 Å². The van der Waals surface area contributed by atoms with E-state index in [0.717, 1.165) is 5.56 Å². The van der Waals surface area contributed by atoms with Crippen molar-refractivity contribution in [3.05, 3.63) is 35.6 Å². The SMILES string of the molecule is CN=C(NCCc1cccc(F)c1)NCC1(S(C)(=O)=O)CCOCC1.I. The number of aliphatic imine (C=N–C) groups is 1. The molecule has 1 aliphatic rings. The topological polar surface area (TPSA) is 79.8 Å². The fraction of sp³-hybridized carbons (Fsp3) is 0.588. The van der Waals surface area contributed by atoms with E-state index < -0.39 is 14.6 Å². The summed E-state index contributed by atoms with van der Waals surface area (Å²) >= 11 is 0. The highest BCUT2D eigenvalue weighted by molar-refractivity contribution is 14.0. The first kappa shape index (κ1) is 23.1. The number of nitrogens with zero attached hydrogens (tertiary/aromatic N) is 1. The summed E-state index contributed by atoms with van der Waals surface area (Å²) in [4.78, 5) is 4.13. The lowest BCUT2D eigenvalue weighted by atomic mass is 9.99. The third-order valence-electron chi connectivity index (χ3n) is 4.59. The number of ether oxygens (including phenoxy) is 1. The first-order chi connectivity index (χ1) is 11.9. The van der Waals surface area contributed by atoms with Gasteiger partial charge in [0, 0.05) is 39.6 Å². The van der Waals surface area contributed by atoms with Gasteiger partial charge in [0.25, 0.3) is 0 Å². The Morgan fingerprint density at radius 2 is 2.00 bits per heavy atom. The lowest BCUT2D eigenvalue weighted by Gasteiger charge is -2.35. The number of rotatable bonds is 6. The van der Waals surface area contributed by atoms with Gasteiger partial charge >= 0.3 is 0 Å². The highest BCUT2D eigenvalue weighted by Gasteiger charge is 2.42. The normalized spacial score (nSPS) is 17.3. The van der Waals surface area contributed by atoms with E-state index in [-0.39, 0.29) is 36.3 Å². The number of sulfone groups is 1. The Kier molecular flexibility index (Phi) is 9.25. The molecule has 26 heavy (non-hydrogen) atoms. The number of guanidine groups is 1. The highest BCUT2D eigenvalue weighted by atomic mass is 127. The van der Waals surface area contributed by atoms with Crippen LogP contribution in [-0.4, -0.2) is 58.7 Å². The van der Waals surface area contributed by atoms with Crippen molar-refractivity contribution in [1.82, 2.24) is 10.6 Å². The summed E-state index contributed by atoms with van der Waals surface area (Å²) in [6.45, 7) is 1.74. The van der Waals surface area contributed by atoms with Gasteiger partial charge in [-0.05, 0) is 37.0 Å². The van der Waals surface area contributed by atoms with E-state index in [4.69, 9.17) is 4.74 Å². The van der Waals surface area contributed by atoms with Crippen LogP contribution >= 0.6 is 24.0 Å². The molecule has 0 amide bonds. The van der Waals surface area contributed by atoms with Crippen molar-refractivity contribution in [3.63, 3.8) is 0 Å². The molecule has 2 N–H and O–H groups in total. The summed E-state index contributed by atoms with van der Waals surface area (Å²) in [5, 5.41) is 6.25. The quantitative estimate of drug-likeness (QED) is 0.354. The minimum Gasteiger partial charge on any atom is -0.381 e. The molecule has 0 saturated carbocycles. The second-order valence-corrected chi connectivity index (χ2v) is 8.71. The van der Waals surface area contributed by atoms with Crippen LogP contribution in [0.3, 0.4) is 0 Å². The van der Waals surface area contributed by atoms with Crippen LogP contribution in [0.5, 0.6) is 0 Å². The maximum Gasteiger partial charge on any atom is 0.191 e. The molecule has 1 heterocycles. The fourth-order valence-electron chi connectivity index (χ4n) is 2.91. The Bertz CT molecular complexity index is 707. The van der Waals surface area contributed by atoms with Gasteiger partial charge in [-0.25, -0.2) is 12.8 Å². The molecular weight excluding hydrogens is 472 g/mol. The van der Waals surface area contributed by atoms with Gasteiger partial charge in [0.1, 0.15) is 5.82 Å². The Balaban J connectivity index is 0.00000338. The van der Waals surface area contributed by atoms with Crippen molar-refractivity contribution in [1.29, 1.82) is 0 Å². The average molecular weight is 499 g/mol. The van der Waals surface area contributed by atoms with Crippen LogP contribution in [-0.2, 0) is 21.0 Å². The molecule has 0 atom stereocenters. The zero-order chi connectivity index (χ0) is 18.3. The molecule has 1 aromatic rings. The summed E-state index contributed by atoms with van der Waals surface area (Å²) in [5.74, 6) is 0.278. The van der Waals surface area contributed by atoms with Gasteiger partial charge < -0.3 is 15.4 Å². The Morgan fingerprint density at radius 1 is 1.31 bits per heavy atom. The molecule has 6 nitrogen and oxygen atoms in total. The molecule has 9 heteroatoms. The molecule has 1 aliphatic heterocycles. The second-order valence-electron chi connectivity index (χ2n) is 6.30. The number of hydrogen-bond acceptors (Lipinski definition) is 4. The van der Waals surface area contributed by atoms with Crippen molar-refractivity contribution >= 4 is 39.8 Å². The predicted octanol–water partition coefficient (Wildman–Crippen LogP) is 1.74. The standard InChI is InChI=1S/C17H26FN3O3S.HI/c1-19-16(20-9-6-14-4-3-5-15(18)12-14)21-13-17(25(2,22)23)7-10-24-11-8-17;/h3-5,12H,6-11,13H2,1-2H3,(H2,19,20,21);1H. The van der Waals surface area contributed by atoms with Crippen LogP contribution in [0.4, 0.5) is 4.39 Å². The highest BCUT2D eigenvalue weighted by Crippen LogP contribution is 2.28. The van der Waals surface area contributed by atoms with Gasteiger partial charge in [-0.2, -0.15) is 0 Å². The van der Waals surface area contributed by atoms with E-state index in [2.05, 4.69) is 15.6 Å². The zero-order valence-electron chi connectivity index (χ0n) is 15.1. The van der Waals surface area contributed by atoms with Crippen LogP contribution in [0.2, 0.25) is 0 Å². The monoisotopic (exact) mass is 499 g/mol. The Hall–Kier alpha value is -0.940. The minimum absolute atomic E-state index is 0. The molecule has 148 valence electrons. The summed E-state index contributed by atoms with van der Waals surface area (Å²) in [5.41, 5.74) is 0.889. The number of hydrogen-bond donors (Lipinski definition) is 2. The van der Waals surface area contributed by atoms with Crippen LogP contribution in [0.1, 0.15) is 18.4 Å². The van der Waals surface area contributed by atoms with Gasteiger partial charge in [-0.1, -0.05) is 12.1 Å². The largest absolute Gasteiger partial charge is 0.381 e. The van der Waals surface area contributed by atoms with Gasteiger partial charge in [0.15, 0.2) is 15.8 Å². The van der Waals surface area contributed by atoms with Crippen molar-refractivity contribution in [2.75, 3.05) is 39.6 Å². The molecule has 2 rings (SSSR count). The van der Waals surface area contributed by atoms with Crippen molar-refractivity contribution in [2.45, 2.75) is 24.0 Å². The molecule has 0 aromatic heterocycles. The number of benzene rings is 1. The molecule has 1 saturated heterocycles. The smallest absolute Gasteiger partial charge is 0.191 e. The number of halogens is 2. The third kappa shape index (κ3) is 6.34. The Labute approximate surface area is 171 Å². The van der Waals surface area contributed by atoms with E-state index in [1.54, 1.807) is 13.1 Å². The van der Waals surface area contributed by atoms with Crippen molar-refractivity contribution < 1.29 is 17.5 Å². The molecule has 0 aliphatic carbocycles. The van der Waals surface area contributed by atoms with Crippen molar-refractivity contribution in [2.24, 2.45) is 4.99 Å². The van der Waals surface area contributed by atoms with Gasteiger partial charge in [0.05, 0.1) is 4.75 Å². The van der Waals surface area contributed by atoms with Crippen molar-refractivity contribution in [3.8, 4) is 0 Å². The second kappa shape index (κ2) is 10.4. The van der Waals surface area contributed by atoms with Gasteiger partial charge in [-0.3, -0.25) is 4.99 Å². The Morgan fingerprint density at radius 3 is 2.58 bits per heavy atom. The summed E-state index contributed by atoms with van der Waals surface area (Å²) in [6, 6.07) is 6.45. The van der Waals surface area contributed by atoms with Crippen LogP contribution in [0.15, 0.2) is 29.3 Å².